The van der Waals surface area contributed by atoms with Crippen molar-refractivity contribution in [3.8, 4) is 10.7 Å². The molecule has 4 aromatic rings. The Kier molecular flexibility index (Phi) is 4.53. The smallest absolute Gasteiger partial charge is 0.257 e. The first-order valence-electron chi connectivity index (χ1n) is 8.63. The van der Waals surface area contributed by atoms with Gasteiger partial charge < -0.3 is 0 Å². The van der Waals surface area contributed by atoms with Gasteiger partial charge in [-0.05, 0) is 35.2 Å². The van der Waals surface area contributed by atoms with E-state index in [1.807, 2.05) is 53.9 Å². The maximum absolute atomic E-state index is 12.5. The van der Waals surface area contributed by atoms with Crippen molar-refractivity contribution >= 4 is 43.9 Å². The zero-order valence-corrected chi connectivity index (χ0v) is 16.9. The van der Waals surface area contributed by atoms with Crippen molar-refractivity contribution in [2.45, 2.75) is 26.2 Å². The van der Waals surface area contributed by atoms with E-state index in [0.29, 0.717) is 10.7 Å². The van der Waals surface area contributed by atoms with Gasteiger partial charge in [-0.2, -0.15) is 0 Å². The van der Waals surface area contributed by atoms with E-state index in [4.69, 9.17) is 0 Å². The van der Waals surface area contributed by atoms with E-state index in [0.717, 1.165) is 20.9 Å². The van der Waals surface area contributed by atoms with Crippen molar-refractivity contribution in [1.82, 2.24) is 9.97 Å². The fourth-order valence-electron chi connectivity index (χ4n) is 2.70. The van der Waals surface area contributed by atoms with Crippen LogP contribution < -0.4 is 5.32 Å². The summed E-state index contributed by atoms with van der Waals surface area (Å²) in [6.07, 6.45) is 0. The number of aromatic nitrogens is 2. The van der Waals surface area contributed by atoms with Gasteiger partial charge in [0.05, 0.1) is 10.2 Å². The van der Waals surface area contributed by atoms with Crippen LogP contribution in [0.5, 0.6) is 0 Å². The van der Waals surface area contributed by atoms with Crippen molar-refractivity contribution < 1.29 is 4.79 Å². The molecule has 4 nitrogen and oxygen atoms in total. The fraction of sp³-hybridized carbons (Fsp3) is 0.190. The van der Waals surface area contributed by atoms with Crippen molar-refractivity contribution in [1.29, 1.82) is 0 Å². The lowest BCUT2D eigenvalue weighted by molar-refractivity contribution is 0.102. The summed E-state index contributed by atoms with van der Waals surface area (Å²) in [4.78, 5) is 21.7. The molecule has 2 aromatic carbocycles. The van der Waals surface area contributed by atoms with Crippen molar-refractivity contribution in [3.05, 3.63) is 65.0 Å². The number of fused-ring (bicyclic) bond motifs is 1. The van der Waals surface area contributed by atoms with Crippen LogP contribution in [0.25, 0.3) is 20.9 Å². The molecule has 4 rings (SSSR count). The van der Waals surface area contributed by atoms with E-state index in [1.165, 1.54) is 16.9 Å². The number of carbonyl (C=O) groups excluding carboxylic acids is 1. The largest absolute Gasteiger partial charge is 0.298 e. The molecule has 0 fully saturated rings. The molecule has 27 heavy (non-hydrogen) atoms. The van der Waals surface area contributed by atoms with Crippen molar-refractivity contribution in [2.75, 3.05) is 5.32 Å². The topological polar surface area (TPSA) is 54.9 Å². The number of hydrogen-bond acceptors (Lipinski definition) is 5. The van der Waals surface area contributed by atoms with Gasteiger partial charge in [0.2, 0.25) is 0 Å². The van der Waals surface area contributed by atoms with Crippen LogP contribution in [-0.4, -0.2) is 15.9 Å². The van der Waals surface area contributed by atoms with Crippen LogP contribution in [-0.2, 0) is 5.41 Å². The third-order valence-electron chi connectivity index (χ3n) is 4.25. The van der Waals surface area contributed by atoms with Gasteiger partial charge >= 0.3 is 0 Å². The number of anilines is 1. The lowest BCUT2D eigenvalue weighted by Crippen LogP contribution is -2.14. The molecule has 0 saturated carbocycles. The average molecular weight is 394 g/mol. The SMILES string of the molecule is CC(C)(C)c1ccc(C(=O)Nc2nc(-c3nc4ccccc4s3)cs2)cc1. The fourth-order valence-corrected chi connectivity index (χ4v) is 4.39. The lowest BCUT2D eigenvalue weighted by Gasteiger charge is -2.18. The van der Waals surface area contributed by atoms with Crippen LogP contribution in [0, 0.1) is 0 Å². The second-order valence-corrected chi connectivity index (χ2v) is 9.19. The standard InChI is InChI=1S/C21H19N3OS2/c1-21(2,3)14-10-8-13(9-11-14)18(25)24-20-23-16(12-26-20)19-22-15-6-4-5-7-17(15)27-19/h4-12H,1-3H3,(H,23,24,25). The number of nitrogens with zero attached hydrogens (tertiary/aromatic N) is 2. The quantitative estimate of drug-likeness (QED) is 0.466. The maximum atomic E-state index is 12.5. The Hall–Kier alpha value is -2.57. The zero-order chi connectivity index (χ0) is 19.0. The molecule has 0 saturated heterocycles. The minimum atomic E-state index is -0.152. The predicted molar refractivity (Wildman–Crippen MR) is 114 cm³/mol. The van der Waals surface area contributed by atoms with Gasteiger partial charge in [-0.1, -0.05) is 45.0 Å². The highest BCUT2D eigenvalue weighted by Gasteiger charge is 2.16. The first-order valence-corrected chi connectivity index (χ1v) is 10.3. The highest BCUT2D eigenvalue weighted by Crippen LogP contribution is 2.32. The monoisotopic (exact) mass is 393 g/mol. The minimum Gasteiger partial charge on any atom is -0.298 e. The number of amides is 1. The third kappa shape index (κ3) is 3.77. The number of hydrogen-bond donors (Lipinski definition) is 1. The molecule has 1 N–H and O–H groups in total. The Balaban J connectivity index is 1.51. The van der Waals surface area contributed by atoms with Gasteiger partial charge in [0.1, 0.15) is 10.7 Å². The second kappa shape index (κ2) is 6.87. The van der Waals surface area contributed by atoms with Gasteiger partial charge in [-0.25, -0.2) is 9.97 Å². The summed E-state index contributed by atoms with van der Waals surface area (Å²) >= 11 is 3.01. The molecule has 0 spiro atoms. The van der Waals surface area contributed by atoms with Crippen LogP contribution in [0.3, 0.4) is 0 Å². The summed E-state index contributed by atoms with van der Waals surface area (Å²) in [6, 6.07) is 15.7. The van der Waals surface area contributed by atoms with Gasteiger partial charge in [-0.3, -0.25) is 10.1 Å². The normalized spacial score (nSPS) is 11.7. The molecular formula is C21H19N3OS2. The molecule has 136 valence electrons. The molecule has 0 aliphatic carbocycles. The first kappa shape index (κ1) is 17.8. The highest BCUT2D eigenvalue weighted by atomic mass is 32.1. The summed E-state index contributed by atoms with van der Waals surface area (Å²) in [6.45, 7) is 6.46. The van der Waals surface area contributed by atoms with Crippen LogP contribution >= 0.6 is 22.7 Å². The van der Waals surface area contributed by atoms with Crippen LogP contribution in [0.2, 0.25) is 0 Å². The number of para-hydroxylation sites is 1. The van der Waals surface area contributed by atoms with E-state index >= 15 is 0 Å². The van der Waals surface area contributed by atoms with Crippen LogP contribution in [0.1, 0.15) is 36.7 Å². The number of thiazole rings is 2. The Morgan fingerprint density at radius 1 is 1.00 bits per heavy atom. The van der Waals surface area contributed by atoms with Gasteiger partial charge in [0.25, 0.3) is 5.91 Å². The van der Waals surface area contributed by atoms with E-state index in [9.17, 15) is 4.79 Å². The molecule has 2 aromatic heterocycles. The lowest BCUT2D eigenvalue weighted by atomic mass is 9.87. The Labute approximate surface area is 165 Å². The van der Waals surface area contributed by atoms with E-state index in [1.54, 1.807) is 11.3 Å². The van der Waals surface area contributed by atoms with Gasteiger partial charge in [0.15, 0.2) is 5.13 Å². The number of rotatable bonds is 3. The van der Waals surface area contributed by atoms with Gasteiger partial charge in [0, 0.05) is 10.9 Å². The number of carbonyl (C=O) groups is 1. The average Bonchev–Trinajstić information content (AvgIpc) is 3.27. The van der Waals surface area contributed by atoms with Crippen molar-refractivity contribution in [2.24, 2.45) is 0 Å². The number of nitrogens with one attached hydrogen (secondary N) is 1. The van der Waals surface area contributed by atoms with E-state index in [-0.39, 0.29) is 11.3 Å². The van der Waals surface area contributed by atoms with E-state index in [2.05, 4.69) is 36.1 Å². The molecule has 6 heteroatoms. The molecule has 0 bridgehead atoms. The second-order valence-electron chi connectivity index (χ2n) is 7.31. The molecule has 2 heterocycles. The van der Waals surface area contributed by atoms with Crippen LogP contribution in [0.15, 0.2) is 53.9 Å². The number of benzene rings is 2. The minimum absolute atomic E-state index is 0.0659. The summed E-state index contributed by atoms with van der Waals surface area (Å²) in [5, 5.41) is 6.25. The Bertz CT molecular complexity index is 1070. The molecule has 0 aliphatic heterocycles. The maximum Gasteiger partial charge on any atom is 0.257 e. The van der Waals surface area contributed by atoms with Crippen LogP contribution in [0.4, 0.5) is 5.13 Å². The molecule has 0 atom stereocenters. The summed E-state index contributed by atoms with van der Waals surface area (Å²) in [5.41, 5.74) is 3.65. The predicted octanol–water partition coefficient (Wildman–Crippen LogP) is 5.97. The Morgan fingerprint density at radius 2 is 1.74 bits per heavy atom. The van der Waals surface area contributed by atoms with Gasteiger partial charge in [-0.15, -0.1) is 22.7 Å². The molecule has 0 radical (unpaired) electrons. The summed E-state index contributed by atoms with van der Waals surface area (Å²) in [7, 11) is 0. The van der Waals surface area contributed by atoms with Crippen molar-refractivity contribution in [3.63, 3.8) is 0 Å². The van der Waals surface area contributed by atoms with E-state index < -0.39 is 0 Å². The highest BCUT2D eigenvalue weighted by molar-refractivity contribution is 7.22. The molecule has 0 aliphatic rings. The Morgan fingerprint density at radius 3 is 2.44 bits per heavy atom. The molecule has 1 amide bonds. The summed E-state index contributed by atoms with van der Waals surface area (Å²) < 4.78 is 1.13. The third-order valence-corrected chi connectivity index (χ3v) is 6.07. The molecular weight excluding hydrogens is 374 g/mol. The zero-order valence-electron chi connectivity index (χ0n) is 15.3. The summed E-state index contributed by atoms with van der Waals surface area (Å²) in [5.74, 6) is -0.152. The first-order chi connectivity index (χ1) is 12.9. The molecule has 0 unspecified atom stereocenters.